The third-order valence-electron chi connectivity index (χ3n) is 2.55. The summed E-state index contributed by atoms with van der Waals surface area (Å²) in [5.74, 6) is 0.124. The van der Waals surface area contributed by atoms with Crippen LogP contribution < -0.4 is 11.1 Å². The summed E-state index contributed by atoms with van der Waals surface area (Å²) in [6.45, 7) is 4.30. The Morgan fingerprint density at radius 1 is 1.41 bits per heavy atom. The van der Waals surface area contributed by atoms with Crippen molar-refractivity contribution in [1.29, 1.82) is 0 Å². The molecular formula is C12H20N4O. The lowest BCUT2D eigenvalue weighted by Crippen LogP contribution is -2.18. The van der Waals surface area contributed by atoms with Crippen molar-refractivity contribution in [3.05, 3.63) is 17.8 Å². The average Bonchev–Trinajstić information content (AvgIpc) is 2.30. The lowest BCUT2D eigenvalue weighted by Gasteiger charge is -2.13. The zero-order valence-electron chi connectivity index (χ0n) is 10.4. The zero-order valence-corrected chi connectivity index (χ0v) is 10.4. The SMILES string of the molecule is CCCCCC(C)Nc1ccc(C(N)=O)nn1. The van der Waals surface area contributed by atoms with Crippen LogP contribution in [-0.4, -0.2) is 22.1 Å². The molecule has 0 spiro atoms. The van der Waals surface area contributed by atoms with Gasteiger partial charge in [0.15, 0.2) is 5.69 Å². The van der Waals surface area contributed by atoms with Crippen LogP contribution in [-0.2, 0) is 0 Å². The minimum atomic E-state index is -0.556. The average molecular weight is 236 g/mol. The maximum Gasteiger partial charge on any atom is 0.269 e. The van der Waals surface area contributed by atoms with Gasteiger partial charge in [-0.1, -0.05) is 26.2 Å². The van der Waals surface area contributed by atoms with Crippen LogP contribution in [0.5, 0.6) is 0 Å². The normalized spacial score (nSPS) is 12.1. The number of unbranched alkanes of at least 4 members (excludes halogenated alkanes) is 2. The van der Waals surface area contributed by atoms with Gasteiger partial charge < -0.3 is 11.1 Å². The van der Waals surface area contributed by atoms with Crippen molar-refractivity contribution in [2.24, 2.45) is 5.73 Å². The van der Waals surface area contributed by atoms with Crippen molar-refractivity contribution in [2.45, 2.75) is 45.6 Å². The Labute approximate surface area is 102 Å². The fourth-order valence-corrected chi connectivity index (χ4v) is 1.57. The Morgan fingerprint density at radius 2 is 2.18 bits per heavy atom. The number of anilines is 1. The standard InChI is InChI=1S/C12H20N4O/c1-3-4-5-6-9(2)14-11-8-7-10(12(13)17)15-16-11/h7-9H,3-6H2,1-2H3,(H2,13,17)(H,14,16). The first-order valence-corrected chi connectivity index (χ1v) is 6.03. The third-order valence-corrected chi connectivity index (χ3v) is 2.55. The van der Waals surface area contributed by atoms with E-state index in [2.05, 4.69) is 29.4 Å². The van der Waals surface area contributed by atoms with Gasteiger partial charge in [-0.05, 0) is 25.5 Å². The molecule has 5 heteroatoms. The number of nitrogens with two attached hydrogens (primary N) is 1. The Bertz CT molecular complexity index is 350. The van der Waals surface area contributed by atoms with E-state index in [0.717, 1.165) is 6.42 Å². The van der Waals surface area contributed by atoms with E-state index in [9.17, 15) is 4.79 Å². The summed E-state index contributed by atoms with van der Waals surface area (Å²) >= 11 is 0. The molecule has 17 heavy (non-hydrogen) atoms. The first-order valence-electron chi connectivity index (χ1n) is 6.03. The highest BCUT2D eigenvalue weighted by molar-refractivity contribution is 5.90. The van der Waals surface area contributed by atoms with Crippen LogP contribution in [0.2, 0.25) is 0 Å². The van der Waals surface area contributed by atoms with Crippen LogP contribution in [0.15, 0.2) is 12.1 Å². The van der Waals surface area contributed by atoms with Crippen molar-refractivity contribution < 1.29 is 4.79 Å². The summed E-state index contributed by atoms with van der Waals surface area (Å²) < 4.78 is 0. The maximum atomic E-state index is 10.8. The molecule has 1 aromatic rings. The van der Waals surface area contributed by atoms with E-state index >= 15 is 0 Å². The Balaban J connectivity index is 2.43. The minimum absolute atomic E-state index is 0.189. The molecule has 0 fully saturated rings. The summed E-state index contributed by atoms with van der Waals surface area (Å²) in [4.78, 5) is 10.8. The van der Waals surface area contributed by atoms with E-state index in [0.29, 0.717) is 11.9 Å². The first-order chi connectivity index (χ1) is 8.13. The topological polar surface area (TPSA) is 80.9 Å². The molecule has 1 aromatic heterocycles. The number of aromatic nitrogens is 2. The molecule has 0 saturated heterocycles. The molecule has 1 rings (SSSR count). The second kappa shape index (κ2) is 6.83. The predicted octanol–water partition coefficient (Wildman–Crippen LogP) is 1.96. The van der Waals surface area contributed by atoms with Crippen molar-refractivity contribution in [2.75, 3.05) is 5.32 Å². The minimum Gasteiger partial charge on any atom is -0.366 e. The van der Waals surface area contributed by atoms with Crippen molar-refractivity contribution in [3.63, 3.8) is 0 Å². The van der Waals surface area contributed by atoms with Gasteiger partial charge in [0.1, 0.15) is 5.82 Å². The van der Waals surface area contributed by atoms with Gasteiger partial charge in [0, 0.05) is 6.04 Å². The number of hydrogen-bond donors (Lipinski definition) is 2. The van der Waals surface area contributed by atoms with Gasteiger partial charge in [0.05, 0.1) is 0 Å². The number of primary amides is 1. The van der Waals surface area contributed by atoms with E-state index in [1.807, 2.05) is 0 Å². The van der Waals surface area contributed by atoms with Gasteiger partial charge in [0.2, 0.25) is 0 Å². The van der Waals surface area contributed by atoms with Crippen molar-refractivity contribution >= 4 is 11.7 Å². The van der Waals surface area contributed by atoms with Gasteiger partial charge in [0.25, 0.3) is 5.91 Å². The number of rotatable bonds is 7. The summed E-state index contributed by atoms with van der Waals surface area (Å²) in [7, 11) is 0. The number of nitrogens with one attached hydrogen (secondary N) is 1. The maximum absolute atomic E-state index is 10.8. The lowest BCUT2D eigenvalue weighted by atomic mass is 10.1. The molecule has 1 amide bonds. The summed E-state index contributed by atoms with van der Waals surface area (Å²) in [6.07, 6.45) is 4.78. The highest BCUT2D eigenvalue weighted by Crippen LogP contribution is 2.09. The monoisotopic (exact) mass is 236 g/mol. The fourth-order valence-electron chi connectivity index (χ4n) is 1.57. The number of hydrogen-bond acceptors (Lipinski definition) is 4. The summed E-state index contributed by atoms with van der Waals surface area (Å²) in [5.41, 5.74) is 5.27. The molecule has 94 valence electrons. The van der Waals surface area contributed by atoms with Crippen LogP contribution in [0, 0.1) is 0 Å². The number of amides is 1. The van der Waals surface area contributed by atoms with E-state index < -0.39 is 5.91 Å². The molecular weight excluding hydrogens is 216 g/mol. The quantitative estimate of drug-likeness (QED) is 0.709. The molecule has 0 radical (unpaired) electrons. The fraction of sp³-hybridized carbons (Fsp3) is 0.583. The van der Waals surface area contributed by atoms with E-state index in [1.54, 1.807) is 12.1 Å². The van der Waals surface area contributed by atoms with E-state index in [1.165, 1.54) is 19.3 Å². The van der Waals surface area contributed by atoms with Gasteiger partial charge in [-0.2, -0.15) is 0 Å². The van der Waals surface area contributed by atoms with Gasteiger partial charge >= 0.3 is 0 Å². The molecule has 3 N–H and O–H groups in total. The molecule has 1 atom stereocenters. The first kappa shape index (κ1) is 13.4. The van der Waals surface area contributed by atoms with Gasteiger partial charge in [-0.15, -0.1) is 10.2 Å². The second-order valence-corrected chi connectivity index (χ2v) is 4.21. The smallest absolute Gasteiger partial charge is 0.269 e. The van der Waals surface area contributed by atoms with Crippen LogP contribution in [0.3, 0.4) is 0 Å². The highest BCUT2D eigenvalue weighted by atomic mass is 16.1. The zero-order chi connectivity index (χ0) is 12.7. The molecule has 1 unspecified atom stereocenters. The Hall–Kier alpha value is -1.65. The molecule has 0 aliphatic carbocycles. The third kappa shape index (κ3) is 4.80. The number of nitrogens with zero attached hydrogens (tertiary/aromatic N) is 2. The van der Waals surface area contributed by atoms with Gasteiger partial charge in [-0.3, -0.25) is 4.79 Å². The van der Waals surface area contributed by atoms with E-state index in [4.69, 9.17) is 5.73 Å². The highest BCUT2D eigenvalue weighted by Gasteiger charge is 2.05. The number of carbonyl (C=O) groups excluding carboxylic acids is 1. The molecule has 0 saturated carbocycles. The van der Waals surface area contributed by atoms with Crippen molar-refractivity contribution in [3.8, 4) is 0 Å². The molecule has 1 heterocycles. The van der Waals surface area contributed by atoms with Crippen LogP contribution in [0.1, 0.15) is 50.0 Å². The largest absolute Gasteiger partial charge is 0.366 e. The van der Waals surface area contributed by atoms with Crippen molar-refractivity contribution in [1.82, 2.24) is 10.2 Å². The van der Waals surface area contributed by atoms with Gasteiger partial charge in [-0.25, -0.2) is 0 Å². The van der Waals surface area contributed by atoms with Crippen LogP contribution in [0.25, 0.3) is 0 Å². The summed E-state index contributed by atoms with van der Waals surface area (Å²) in [5, 5.41) is 10.9. The Morgan fingerprint density at radius 3 is 2.71 bits per heavy atom. The second-order valence-electron chi connectivity index (χ2n) is 4.21. The molecule has 0 aliphatic heterocycles. The van der Waals surface area contributed by atoms with Crippen LogP contribution >= 0.6 is 0 Å². The number of carbonyl (C=O) groups is 1. The lowest BCUT2D eigenvalue weighted by molar-refractivity contribution is 0.0994. The molecule has 5 nitrogen and oxygen atoms in total. The summed E-state index contributed by atoms with van der Waals surface area (Å²) in [6, 6.07) is 3.66. The molecule has 0 bridgehead atoms. The van der Waals surface area contributed by atoms with Crippen LogP contribution in [0.4, 0.5) is 5.82 Å². The van der Waals surface area contributed by atoms with E-state index in [-0.39, 0.29) is 5.69 Å². The Kier molecular flexibility index (Phi) is 5.39. The molecule has 0 aliphatic rings. The molecule has 0 aromatic carbocycles. The predicted molar refractivity (Wildman–Crippen MR) is 67.8 cm³/mol.